The molecular formula is C26H32F3N5O4. The number of nitrogen functional groups attached to an aromatic ring is 1. The van der Waals surface area contributed by atoms with Crippen LogP contribution in [0.25, 0.3) is 0 Å². The number of aromatic nitrogens is 2. The first-order valence-electron chi connectivity index (χ1n) is 12.8. The van der Waals surface area contributed by atoms with Crippen molar-refractivity contribution < 1.29 is 32.6 Å². The first kappa shape index (κ1) is 27.5. The van der Waals surface area contributed by atoms with Crippen LogP contribution in [0.5, 0.6) is 5.88 Å². The summed E-state index contributed by atoms with van der Waals surface area (Å²) >= 11 is 0. The van der Waals surface area contributed by atoms with Crippen molar-refractivity contribution in [2.45, 2.75) is 57.5 Å². The van der Waals surface area contributed by atoms with Crippen molar-refractivity contribution in [3.63, 3.8) is 0 Å². The summed E-state index contributed by atoms with van der Waals surface area (Å²) in [5, 5.41) is 11.7. The average molecular weight is 536 g/mol. The minimum Gasteiger partial charge on any atom is -0.481 e. The lowest BCUT2D eigenvalue weighted by Crippen LogP contribution is -2.32. The van der Waals surface area contributed by atoms with Crippen molar-refractivity contribution in [3.8, 4) is 5.88 Å². The molecule has 1 fully saturated rings. The van der Waals surface area contributed by atoms with Crippen LogP contribution in [0.3, 0.4) is 0 Å². The molecule has 0 radical (unpaired) electrons. The Bertz CT molecular complexity index is 1150. The van der Waals surface area contributed by atoms with Crippen molar-refractivity contribution >= 4 is 29.3 Å². The number of carboxylic acid groups (broad SMARTS) is 1. The molecule has 9 nitrogen and oxygen atoms in total. The molecule has 206 valence electrons. The van der Waals surface area contributed by atoms with Gasteiger partial charge in [0.1, 0.15) is 18.0 Å². The number of nitrogens with one attached hydrogen (secondary N) is 1. The molecule has 0 spiro atoms. The zero-order chi connectivity index (χ0) is 27.4. The van der Waals surface area contributed by atoms with Gasteiger partial charge in [-0.15, -0.1) is 0 Å². The van der Waals surface area contributed by atoms with Crippen LogP contribution in [-0.2, 0) is 4.79 Å². The summed E-state index contributed by atoms with van der Waals surface area (Å²) < 4.78 is 43.9. The van der Waals surface area contributed by atoms with Gasteiger partial charge >= 0.3 is 12.1 Å². The summed E-state index contributed by atoms with van der Waals surface area (Å²) in [6.07, 6.45) is -0.607. The molecule has 0 bridgehead atoms. The number of aliphatic carboxylic acids is 1. The van der Waals surface area contributed by atoms with Gasteiger partial charge in [-0.3, -0.25) is 9.59 Å². The van der Waals surface area contributed by atoms with Gasteiger partial charge in [-0.1, -0.05) is 19.1 Å². The van der Waals surface area contributed by atoms with Gasteiger partial charge in [0, 0.05) is 18.7 Å². The van der Waals surface area contributed by atoms with Gasteiger partial charge in [-0.05, 0) is 61.6 Å². The lowest BCUT2D eigenvalue weighted by atomic mass is 9.77. The summed E-state index contributed by atoms with van der Waals surface area (Å²) in [4.78, 5) is 34.2. The van der Waals surface area contributed by atoms with Gasteiger partial charge in [0.15, 0.2) is 0 Å². The summed E-state index contributed by atoms with van der Waals surface area (Å²) in [6.45, 7) is 1.48. The first-order valence-corrected chi connectivity index (χ1v) is 12.8. The minimum atomic E-state index is -4.28. The number of alkyl halides is 3. The fraction of sp³-hybridized carbons (Fsp3) is 0.538. The lowest BCUT2D eigenvalue weighted by Gasteiger charge is -2.28. The zero-order valence-corrected chi connectivity index (χ0v) is 21.1. The number of anilines is 3. The largest absolute Gasteiger partial charge is 0.481 e. The SMILES string of the molecule is CC(CCNc1nc(N)c2c(n1)OCCN(c1ccc([C@H]3CC[C@H](CC(=O)O)CC3)cc1)C2=O)C(F)(F)F. The normalized spacial score (nSPS) is 20.7. The fourth-order valence-electron chi connectivity index (χ4n) is 5.00. The number of hydrogen-bond acceptors (Lipinski definition) is 7. The number of halogens is 3. The number of carbonyl (C=O) groups excluding carboxylic acids is 1. The molecule has 1 aliphatic heterocycles. The molecule has 2 aromatic rings. The molecule has 4 rings (SSSR count). The van der Waals surface area contributed by atoms with E-state index in [-0.39, 0.29) is 61.7 Å². The van der Waals surface area contributed by atoms with Gasteiger partial charge in [-0.2, -0.15) is 23.1 Å². The summed E-state index contributed by atoms with van der Waals surface area (Å²) in [7, 11) is 0. The first-order chi connectivity index (χ1) is 18.0. The van der Waals surface area contributed by atoms with Crippen LogP contribution in [0.4, 0.5) is 30.6 Å². The fourth-order valence-corrected chi connectivity index (χ4v) is 5.00. The van der Waals surface area contributed by atoms with E-state index in [0.29, 0.717) is 11.6 Å². The molecule has 2 heterocycles. The second kappa shape index (κ2) is 11.4. The Morgan fingerprint density at radius 2 is 1.89 bits per heavy atom. The number of nitrogens with zero attached hydrogens (tertiary/aromatic N) is 3. The summed E-state index contributed by atoms with van der Waals surface area (Å²) in [5.41, 5.74) is 7.90. The number of carbonyl (C=O) groups is 2. The Kier molecular flexibility index (Phi) is 8.27. The topological polar surface area (TPSA) is 131 Å². The van der Waals surface area contributed by atoms with Gasteiger partial charge in [0.25, 0.3) is 5.91 Å². The van der Waals surface area contributed by atoms with E-state index in [1.54, 1.807) is 0 Å². The van der Waals surface area contributed by atoms with Gasteiger partial charge in [-0.25, -0.2) is 0 Å². The van der Waals surface area contributed by atoms with E-state index in [2.05, 4.69) is 15.3 Å². The Morgan fingerprint density at radius 1 is 1.21 bits per heavy atom. The van der Waals surface area contributed by atoms with E-state index in [1.807, 2.05) is 24.3 Å². The Balaban J connectivity index is 1.42. The van der Waals surface area contributed by atoms with E-state index < -0.39 is 24.0 Å². The number of amides is 1. The van der Waals surface area contributed by atoms with Crippen molar-refractivity contribution in [1.29, 1.82) is 0 Å². The highest BCUT2D eigenvalue weighted by molar-refractivity contribution is 6.10. The van der Waals surface area contributed by atoms with E-state index in [1.165, 1.54) is 4.90 Å². The van der Waals surface area contributed by atoms with E-state index in [4.69, 9.17) is 15.6 Å². The molecule has 1 aliphatic carbocycles. The van der Waals surface area contributed by atoms with E-state index in [9.17, 15) is 22.8 Å². The third-order valence-electron chi connectivity index (χ3n) is 7.32. The second-order valence-electron chi connectivity index (χ2n) is 9.98. The van der Waals surface area contributed by atoms with E-state index >= 15 is 0 Å². The third-order valence-corrected chi connectivity index (χ3v) is 7.32. The quantitative estimate of drug-likeness (QED) is 0.437. The van der Waals surface area contributed by atoms with Crippen LogP contribution in [0.1, 0.15) is 67.3 Å². The molecule has 1 amide bonds. The third kappa shape index (κ3) is 6.46. The smallest absolute Gasteiger partial charge is 0.391 e. The molecule has 0 saturated heterocycles. The maximum absolute atomic E-state index is 13.4. The molecule has 12 heteroatoms. The van der Waals surface area contributed by atoms with Crippen LogP contribution >= 0.6 is 0 Å². The predicted octanol–water partition coefficient (Wildman–Crippen LogP) is 4.85. The second-order valence-corrected chi connectivity index (χ2v) is 9.98. The molecule has 1 atom stereocenters. The molecule has 1 saturated carbocycles. The van der Waals surface area contributed by atoms with Gasteiger partial charge in [0.2, 0.25) is 11.8 Å². The number of fused-ring (bicyclic) bond motifs is 1. The van der Waals surface area contributed by atoms with Crippen LogP contribution in [-0.4, -0.2) is 52.8 Å². The van der Waals surface area contributed by atoms with Crippen LogP contribution in [0.15, 0.2) is 24.3 Å². The molecule has 1 aromatic carbocycles. The van der Waals surface area contributed by atoms with E-state index in [0.717, 1.165) is 38.2 Å². The molecule has 1 aromatic heterocycles. The number of benzene rings is 1. The van der Waals surface area contributed by atoms with Crippen LogP contribution < -0.4 is 20.7 Å². The van der Waals surface area contributed by atoms with Gasteiger partial charge < -0.3 is 25.8 Å². The average Bonchev–Trinajstić information content (AvgIpc) is 3.02. The summed E-state index contributed by atoms with van der Waals surface area (Å²) in [6, 6.07) is 7.73. The highest BCUT2D eigenvalue weighted by Gasteiger charge is 2.35. The number of ether oxygens (including phenoxy) is 1. The molecule has 4 N–H and O–H groups in total. The molecular weight excluding hydrogens is 503 g/mol. The van der Waals surface area contributed by atoms with Crippen molar-refractivity contribution in [2.75, 3.05) is 35.6 Å². The van der Waals surface area contributed by atoms with Gasteiger partial charge in [0.05, 0.1) is 12.5 Å². The molecule has 38 heavy (non-hydrogen) atoms. The standard InChI is InChI=1S/C26H32F3N5O4/c1-15(26(27,28)29)10-11-31-25-32-22(30)21-23(33-25)38-13-12-34(24(21)37)19-8-6-18(7-9-19)17-4-2-16(3-5-17)14-20(35)36/h6-9,15-17H,2-5,10-14H2,1H3,(H,35,36)(H3,30,31,32,33)/t15?,16-,17-. The number of rotatable bonds is 8. The summed E-state index contributed by atoms with van der Waals surface area (Å²) in [5.74, 6) is -2.21. The number of carboxylic acids is 1. The van der Waals surface area contributed by atoms with Crippen molar-refractivity contribution in [2.24, 2.45) is 11.8 Å². The number of hydrogen-bond donors (Lipinski definition) is 3. The Labute approximate surface area is 218 Å². The zero-order valence-electron chi connectivity index (χ0n) is 21.1. The lowest BCUT2D eigenvalue weighted by molar-refractivity contribution is -0.170. The van der Waals surface area contributed by atoms with Crippen LogP contribution in [0, 0.1) is 11.8 Å². The Morgan fingerprint density at radius 3 is 2.53 bits per heavy atom. The van der Waals surface area contributed by atoms with Crippen molar-refractivity contribution in [3.05, 3.63) is 35.4 Å². The maximum atomic E-state index is 13.4. The monoisotopic (exact) mass is 535 g/mol. The number of nitrogens with two attached hydrogens (primary N) is 1. The highest BCUT2D eigenvalue weighted by atomic mass is 19.4. The van der Waals surface area contributed by atoms with Crippen LogP contribution in [0.2, 0.25) is 0 Å². The Hall–Kier alpha value is -3.57. The minimum absolute atomic E-state index is 0.000645. The molecule has 2 aliphatic rings. The predicted molar refractivity (Wildman–Crippen MR) is 135 cm³/mol. The molecule has 1 unspecified atom stereocenters. The highest BCUT2D eigenvalue weighted by Crippen LogP contribution is 2.38. The van der Waals surface area contributed by atoms with Crippen molar-refractivity contribution in [1.82, 2.24) is 9.97 Å². The maximum Gasteiger partial charge on any atom is 0.391 e.